The smallest absolute Gasteiger partial charge is 0.191 e. The quantitative estimate of drug-likeness (QED) is 0.597. The van der Waals surface area contributed by atoms with Gasteiger partial charge in [-0.05, 0) is 6.92 Å². The number of aliphatic imine (C=N–C) groups is 1. The van der Waals surface area contributed by atoms with Crippen molar-refractivity contribution in [2.45, 2.75) is 39.2 Å². The third-order valence-electron chi connectivity index (χ3n) is 2.76. The number of methoxy groups -OCH3 is 1. The summed E-state index contributed by atoms with van der Waals surface area (Å²) in [5, 5.41) is 9.91. The molecular formula is C14H26N4OS. The number of nitrogens with zero attached hydrogens (tertiary/aromatic N) is 2. The molecule has 1 aromatic heterocycles. The normalized spacial score (nSPS) is 13.6. The standard InChI is InChI=1S/C14H26N4OS/c1-10(2)13-18-12(9-20-13)6-7-16-14(15-4)17-11(3)8-19-5/h9-11H,6-8H2,1-5H3,(H2,15,16,17). The molecule has 0 spiro atoms. The summed E-state index contributed by atoms with van der Waals surface area (Å²) in [6.07, 6.45) is 0.905. The second-order valence-corrected chi connectivity index (χ2v) is 5.97. The number of ether oxygens (including phenoxy) is 1. The maximum atomic E-state index is 5.09. The maximum absolute atomic E-state index is 5.09. The van der Waals surface area contributed by atoms with Crippen LogP contribution in [0.15, 0.2) is 10.4 Å². The first-order chi connectivity index (χ1) is 9.56. The molecule has 114 valence electrons. The summed E-state index contributed by atoms with van der Waals surface area (Å²) < 4.78 is 5.09. The monoisotopic (exact) mass is 298 g/mol. The second-order valence-electron chi connectivity index (χ2n) is 5.08. The van der Waals surface area contributed by atoms with Gasteiger partial charge in [-0.25, -0.2) is 4.98 Å². The molecule has 0 aromatic carbocycles. The fourth-order valence-electron chi connectivity index (χ4n) is 1.73. The van der Waals surface area contributed by atoms with E-state index in [2.05, 4.69) is 46.8 Å². The Kier molecular flexibility index (Phi) is 7.54. The molecule has 2 N–H and O–H groups in total. The van der Waals surface area contributed by atoms with Crippen LogP contribution in [-0.2, 0) is 11.2 Å². The van der Waals surface area contributed by atoms with Crippen molar-refractivity contribution in [3.63, 3.8) is 0 Å². The highest BCUT2D eigenvalue weighted by Crippen LogP contribution is 2.19. The lowest BCUT2D eigenvalue weighted by Crippen LogP contribution is -2.44. The predicted octanol–water partition coefficient (Wildman–Crippen LogP) is 2.01. The van der Waals surface area contributed by atoms with E-state index in [0.717, 1.165) is 24.6 Å². The molecule has 0 bridgehead atoms. The van der Waals surface area contributed by atoms with E-state index in [1.807, 2.05) is 0 Å². The largest absolute Gasteiger partial charge is 0.383 e. The fraction of sp³-hybridized carbons (Fsp3) is 0.714. The zero-order chi connectivity index (χ0) is 15.0. The van der Waals surface area contributed by atoms with E-state index in [1.54, 1.807) is 25.5 Å². The minimum absolute atomic E-state index is 0.234. The van der Waals surface area contributed by atoms with Gasteiger partial charge in [-0.3, -0.25) is 4.99 Å². The molecule has 0 saturated carbocycles. The Balaban J connectivity index is 2.34. The highest BCUT2D eigenvalue weighted by molar-refractivity contribution is 7.09. The van der Waals surface area contributed by atoms with Crippen LogP contribution in [0.5, 0.6) is 0 Å². The van der Waals surface area contributed by atoms with Crippen molar-refractivity contribution in [1.29, 1.82) is 0 Å². The number of aromatic nitrogens is 1. The third kappa shape index (κ3) is 5.88. The predicted molar refractivity (Wildman–Crippen MR) is 85.7 cm³/mol. The summed E-state index contributed by atoms with van der Waals surface area (Å²) in [4.78, 5) is 8.82. The molecular weight excluding hydrogens is 272 g/mol. The van der Waals surface area contributed by atoms with Crippen LogP contribution in [0.3, 0.4) is 0 Å². The fourth-order valence-corrected chi connectivity index (χ4v) is 2.60. The molecule has 5 nitrogen and oxygen atoms in total. The van der Waals surface area contributed by atoms with Gasteiger partial charge in [0.2, 0.25) is 0 Å². The molecule has 20 heavy (non-hydrogen) atoms. The number of rotatable bonds is 7. The Bertz CT molecular complexity index is 417. The lowest BCUT2D eigenvalue weighted by molar-refractivity contribution is 0.179. The van der Waals surface area contributed by atoms with Crippen LogP contribution in [0.4, 0.5) is 0 Å². The topological polar surface area (TPSA) is 58.5 Å². The summed E-state index contributed by atoms with van der Waals surface area (Å²) in [5.74, 6) is 1.31. The molecule has 0 amide bonds. The van der Waals surface area contributed by atoms with E-state index in [0.29, 0.717) is 12.5 Å². The Labute approximate surface area is 125 Å². The van der Waals surface area contributed by atoms with Gasteiger partial charge >= 0.3 is 0 Å². The number of nitrogens with one attached hydrogen (secondary N) is 2. The Morgan fingerprint density at radius 3 is 2.75 bits per heavy atom. The number of hydrogen-bond acceptors (Lipinski definition) is 4. The summed E-state index contributed by atoms with van der Waals surface area (Å²) in [7, 11) is 3.47. The number of hydrogen-bond donors (Lipinski definition) is 2. The molecule has 0 aliphatic rings. The van der Waals surface area contributed by atoms with Gasteiger partial charge in [-0.15, -0.1) is 11.3 Å². The Morgan fingerprint density at radius 2 is 2.20 bits per heavy atom. The molecule has 1 aromatic rings. The van der Waals surface area contributed by atoms with Crippen molar-refractivity contribution in [2.75, 3.05) is 27.3 Å². The van der Waals surface area contributed by atoms with Crippen LogP contribution >= 0.6 is 11.3 Å². The minimum atomic E-state index is 0.234. The van der Waals surface area contributed by atoms with Gasteiger partial charge in [0.25, 0.3) is 0 Å². The van der Waals surface area contributed by atoms with Crippen LogP contribution in [-0.4, -0.2) is 44.3 Å². The SMILES string of the molecule is CN=C(NCCc1csc(C(C)C)n1)NC(C)COC. The van der Waals surface area contributed by atoms with E-state index >= 15 is 0 Å². The van der Waals surface area contributed by atoms with Crippen LogP contribution in [0, 0.1) is 0 Å². The maximum Gasteiger partial charge on any atom is 0.191 e. The lowest BCUT2D eigenvalue weighted by atomic mass is 10.2. The van der Waals surface area contributed by atoms with Crippen LogP contribution < -0.4 is 10.6 Å². The molecule has 0 aliphatic heterocycles. The van der Waals surface area contributed by atoms with Gasteiger partial charge in [0.15, 0.2) is 5.96 Å². The van der Waals surface area contributed by atoms with E-state index < -0.39 is 0 Å². The number of guanidine groups is 1. The summed E-state index contributed by atoms with van der Waals surface area (Å²) in [6.45, 7) is 7.88. The lowest BCUT2D eigenvalue weighted by Gasteiger charge is -2.16. The first kappa shape index (κ1) is 16.9. The van der Waals surface area contributed by atoms with E-state index in [1.165, 1.54) is 5.01 Å². The zero-order valence-corrected chi connectivity index (χ0v) is 13.9. The molecule has 1 unspecified atom stereocenters. The average molecular weight is 298 g/mol. The molecule has 6 heteroatoms. The van der Waals surface area contributed by atoms with Crippen molar-refractivity contribution < 1.29 is 4.74 Å². The zero-order valence-electron chi connectivity index (χ0n) is 13.1. The second kappa shape index (κ2) is 8.92. The van der Waals surface area contributed by atoms with Crippen LogP contribution in [0.2, 0.25) is 0 Å². The Morgan fingerprint density at radius 1 is 1.45 bits per heavy atom. The Hall–Kier alpha value is -1.14. The molecule has 0 fully saturated rings. The van der Waals surface area contributed by atoms with Gasteiger partial charge in [0.1, 0.15) is 0 Å². The van der Waals surface area contributed by atoms with Crippen molar-refractivity contribution in [3.8, 4) is 0 Å². The van der Waals surface area contributed by atoms with Crippen molar-refractivity contribution in [3.05, 3.63) is 16.1 Å². The molecule has 0 saturated heterocycles. The van der Waals surface area contributed by atoms with E-state index in [-0.39, 0.29) is 6.04 Å². The van der Waals surface area contributed by atoms with Crippen molar-refractivity contribution in [2.24, 2.45) is 4.99 Å². The highest BCUT2D eigenvalue weighted by Gasteiger charge is 2.07. The summed E-state index contributed by atoms with van der Waals surface area (Å²) >= 11 is 1.74. The van der Waals surface area contributed by atoms with Crippen molar-refractivity contribution in [1.82, 2.24) is 15.6 Å². The first-order valence-corrected chi connectivity index (χ1v) is 7.85. The first-order valence-electron chi connectivity index (χ1n) is 6.97. The van der Waals surface area contributed by atoms with Gasteiger partial charge in [0, 0.05) is 44.5 Å². The number of thiazole rings is 1. The minimum Gasteiger partial charge on any atom is -0.383 e. The van der Waals surface area contributed by atoms with E-state index in [4.69, 9.17) is 4.74 Å². The molecule has 1 atom stereocenters. The van der Waals surface area contributed by atoms with Gasteiger partial charge in [0.05, 0.1) is 17.3 Å². The third-order valence-corrected chi connectivity index (χ3v) is 3.95. The average Bonchev–Trinajstić information content (AvgIpc) is 2.87. The van der Waals surface area contributed by atoms with Gasteiger partial charge < -0.3 is 15.4 Å². The summed E-state index contributed by atoms with van der Waals surface area (Å²) in [5.41, 5.74) is 1.14. The van der Waals surface area contributed by atoms with Crippen LogP contribution in [0.1, 0.15) is 37.4 Å². The van der Waals surface area contributed by atoms with Crippen LogP contribution in [0.25, 0.3) is 0 Å². The molecule has 1 heterocycles. The molecule has 1 rings (SSSR count). The molecule has 0 radical (unpaired) electrons. The van der Waals surface area contributed by atoms with E-state index in [9.17, 15) is 0 Å². The highest BCUT2D eigenvalue weighted by atomic mass is 32.1. The van der Waals surface area contributed by atoms with Crippen molar-refractivity contribution >= 4 is 17.3 Å². The molecule has 0 aliphatic carbocycles. The van der Waals surface area contributed by atoms with Gasteiger partial charge in [-0.2, -0.15) is 0 Å². The summed E-state index contributed by atoms with van der Waals surface area (Å²) in [6, 6.07) is 0.234. The van der Waals surface area contributed by atoms with Gasteiger partial charge in [-0.1, -0.05) is 13.8 Å².